The second-order valence-electron chi connectivity index (χ2n) is 8.77. The smallest absolute Gasteiger partial charge is 0.223 e. The molecule has 1 amide bonds. The third-order valence-corrected chi connectivity index (χ3v) is 4.99. The minimum Gasteiger partial charge on any atom is -0.356 e. The molecule has 1 unspecified atom stereocenters. The van der Waals surface area contributed by atoms with Crippen LogP contribution in [0, 0.1) is 5.41 Å². The van der Waals surface area contributed by atoms with Gasteiger partial charge in [-0.3, -0.25) is 9.79 Å². The first-order chi connectivity index (χ1) is 12.8. The maximum atomic E-state index is 12.4. The van der Waals surface area contributed by atoms with E-state index in [0.29, 0.717) is 17.9 Å². The Morgan fingerprint density at radius 1 is 1.22 bits per heavy atom. The predicted octanol–water partition coefficient (Wildman–Crippen LogP) is 3.69. The molecule has 27 heavy (non-hydrogen) atoms. The molecule has 0 saturated heterocycles. The van der Waals surface area contributed by atoms with Crippen LogP contribution in [0.4, 0.5) is 0 Å². The average molecular weight is 373 g/mol. The van der Waals surface area contributed by atoms with Gasteiger partial charge in [-0.15, -0.1) is 0 Å². The van der Waals surface area contributed by atoms with E-state index in [0.717, 1.165) is 38.4 Å². The lowest BCUT2D eigenvalue weighted by Gasteiger charge is -2.23. The Labute approximate surface area is 164 Å². The second kappa shape index (κ2) is 9.77. The quantitative estimate of drug-likeness (QED) is 0.436. The fourth-order valence-electron chi connectivity index (χ4n) is 3.26. The summed E-state index contributed by atoms with van der Waals surface area (Å²) < 4.78 is 0. The van der Waals surface area contributed by atoms with E-state index < -0.39 is 0 Å². The lowest BCUT2D eigenvalue weighted by molar-refractivity contribution is -0.131. The number of nitrogens with zero attached hydrogens (tertiary/aromatic N) is 2. The van der Waals surface area contributed by atoms with E-state index in [9.17, 15) is 4.79 Å². The molecular formula is C22H36N4O. The van der Waals surface area contributed by atoms with Crippen molar-refractivity contribution in [2.75, 3.05) is 13.6 Å². The van der Waals surface area contributed by atoms with Gasteiger partial charge in [-0.05, 0) is 42.7 Å². The lowest BCUT2D eigenvalue weighted by Crippen LogP contribution is -2.43. The molecule has 0 fully saturated rings. The molecule has 5 heteroatoms. The highest BCUT2D eigenvalue weighted by atomic mass is 16.2. The molecule has 0 saturated carbocycles. The Balaban J connectivity index is 1.64. The zero-order valence-corrected chi connectivity index (χ0v) is 17.6. The first-order valence-electron chi connectivity index (χ1n) is 10.1. The maximum Gasteiger partial charge on any atom is 0.223 e. The van der Waals surface area contributed by atoms with Gasteiger partial charge in [0.1, 0.15) is 0 Å². The van der Waals surface area contributed by atoms with Gasteiger partial charge in [0.2, 0.25) is 5.91 Å². The number of aliphatic imine (C=N–C) groups is 1. The van der Waals surface area contributed by atoms with E-state index in [1.807, 2.05) is 17.0 Å². The molecule has 1 aromatic rings. The highest BCUT2D eigenvalue weighted by Crippen LogP contribution is 2.23. The molecule has 1 heterocycles. The number of fused-ring (bicyclic) bond motifs is 1. The molecule has 2 N–H and O–H groups in total. The molecule has 0 bridgehead atoms. The summed E-state index contributed by atoms with van der Waals surface area (Å²) >= 11 is 0. The van der Waals surface area contributed by atoms with Gasteiger partial charge in [-0.25, -0.2) is 0 Å². The van der Waals surface area contributed by atoms with Crippen molar-refractivity contribution < 1.29 is 4.79 Å². The van der Waals surface area contributed by atoms with E-state index in [2.05, 4.69) is 55.5 Å². The topological polar surface area (TPSA) is 56.7 Å². The van der Waals surface area contributed by atoms with Crippen molar-refractivity contribution in [2.24, 2.45) is 10.4 Å². The van der Waals surface area contributed by atoms with Crippen molar-refractivity contribution in [3.63, 3.8) is 0 Å². The Kier molecular flexibility index (Phi) is 7.69. The highest BCUT2D eigenvalue weighted by Gasteiger charge is 2.22. The number of benzene rings is 1. The number of amides is 1. The fraction of sp³-hybridized carbons (Fsp3) is 0.636. The molecule has 0 radical (unpaired) electrons. The molecular weight excluding hydrogens is 336 g/mol. The standard InChI is InChI=1S/C22H36N4O/c1-17(12-13-22(2,3)4)25-21(23-5)24-14-8-11-20(27)26-15-18-9-6-7-10-19(18)16-26/h6-7,9-10,17H,8,11-16H2,1-5H3,(H2,23,24,25). The Hall–Kier alpha value is -2.04. The van der Waals surface area contributed by atoms with Crippen LogP contribution in [-0.4, -0.2) is 36.4 Å². The van der Waals surface area contributed by atoms with E-state index in [1.165, 1.54) is 17.5 Å². The summed E-state index contributed by atoms with van der Waals surface area (Å²) in [5.41, 5.74) is 2.90. The molecule has 1 aromatic carbocycles. The number of carbonyl (C=O) groups excluding carboxylic acids is 1. The molecule has 150 valence electrons. The second-order valence-corrected chi connectivity index (χ2v) is 8.77. The third-order valence-electron chi connectivity index (χ3n) is 4.99. The van der Waals surface area contributed by atoms with Gasteiger partial charge in [-0.1, -0.05) is 45.0 Å². The van der Waals surface area contributed by atoms with Crippen molar-refractivity contribution in [1.29, 1.82) is 0 Å². The zero-order chi connectivity index (χ0) is 19.9. The summed E-state index contributed by atoms with van der Waals surface area (Å²) in [6.07, 6.45) is 3.66. The summed E-state index contributed by atoms with van der Waals surface area (Å²) in [5, 5.41) is 6.77. The van der Waals surface area contributed by atoms with Gasteiger partial charge in [0.05, 0.1) is 0 Å². The molecule has 0 aliphatic carbocycles. The molecule has 1 atom stereocenters. The van der Waals surface area contributed by atoms with Crippen LogP contribution in [0.1, 0.15) is 64.5 Å². The van der Waals surface area contributed by atoms with Gasteiger partial charge in [-0.2, -0.15) is 0 Å². The Morgan fingerprint density at radius 3 is 2.41 bits per heavy atom. The van der Waals surface area contributed by atoms with Crippen molar-refractivity contribution in [2.45, 2.75) is 72.5 Å². The molecule has 0 spiro atoms. The average Bonchev–Trinajstić information content (AvgIpc) is 3.06. The van der Waals surface area contributed by atoms with Gasteiger partial charge >= 0.3 is 0 Å². The van der Waals surface area contributed by atoms with E-state index in [-0.39, 0.29) is 5.91 Å². The predicted molar refractivity (Wildman–Crippen MR) is 113 cm³/mol. The van der Waals surface area contributed by atoms with Crippen LogP contribution >= 0.6 is 0 Å². The van der Waals surface area contributed by atoms with Crippen LogP contribution in [0.2, 0.25) is 0 Å². The Bertz CT molecular complexity index is 623. The van der Waals surface area contributed by atoms with E-state index in [1.54, 1.807) is 7.05 Å². The van der Waals surface area contributed by atoms with Crippen molar-refractivity contribution in [3.05, 3.63) is 35.4 Å². The minimum atomic E-state index is 0.231. The van der Waals surface area contributed by atoms with Crippen LogP contribution in [0.3, 0.4) is 0 Å². The molecule has 5 nitrogen and oxygen atoms in total. The highest BCUT2D eigenvalue weighted by molar-refractivity contribution is 5.80. The molecule has 2 rings (SSSR count). The van der Waals surface area contributed by atoms with Crippen LogP contribution in [0.5, 0.6) is 0 Å². The largest absolute Gasteiger partial charge is 0.356 e. The summed E-state index contributed by atoms with van der Waals surface area (Å²) in [5.74, 6) is 1.05. The van der Waals surface area contributed by atoms with Crippen LogP contribution < -0.4 is 10.6 Å². The fourth-order valence-corrected chi connectivity index (χ4v) is 3.26. The van der Waals surface area contributed by atoms with Gasteiger partial charge in [0, 0.05) is 39.1 Å². The summed E-state index contributed by atoms with van der Waals surface area (Å²) in [6.45, 7) is 11.2. The van der Waals surface area contributed by atoms with Gasteiger partial charge in [0.25, 0.3) is 0 Å². The number of nitrogens with one attached hydrogen (secondary N) is 2. The van der Waals surface area contributed by atoms with Gasteiger partial charge < -0.3 is 15.5 Å². The minimum absolute atomic E-state index is 0.231. The molecule has 1 aliphatic heterocycles. The monoisotopic (exact) mass is 372 g/mol. The number of guanidine groups is 1. The van der Waals surface area contributed by atoms with Gasteiger partial charge in [0.15, 0.2) is 5.96 Å². The first kappa shape index (κ1) is 21.3. The SMILES string of the molecule is CN=C(NCCCC(=O)N1Cc2ccccc2C1)NC(C)CCC(C)(C)C. The number of hydrogen-bond acceptors (Lipinski definition) is 2. The first-order valence-corrected chi connectivity index (χ1v) is 10.1. The Morgan fingerprint density at radius 2 is 1.85 bits per heavy atom. The lowest BCUT2D eigenvalue weighted by atomic mass is 9.89. The molecule has 1 aliphatic rings. The molecule has 0 aromatic heterocycles. The third kappa shape index (κ3) is 7.24. The number of carbonyl (C=O) groups is 1. The van der Waals surface area contributed by atoms with Crippen LogP contribution in [-0.2, 0) is 17.9 Å². The number of rotatable bonds is 7. The summed E-state index contributed by atoms with van der Waals surface area (Å²) in [6, 6.07) is 8.68. The zero-order valence-electron chi connectivity index (χ0n) is 17.6. The summed E-state index contributed by atoms with van der Waals surface area (Å²) in [7, 11) is 1.79. The number of hydrogen-bond donors (Lipinski definition) is 2. The van der Waals surface area contributed by atoms with Crippen molar-refractivity contribution in [3.8, 4) is 0 Å². The van der Waals surface area contributed by atoms with Crippen LogP contribution in [0.15, 0.2) is 29.3 Å². The van der Waals surface area contributed by atoms with Crippen molar-refractivity contribution >= 4 is 11.9 Å². The summed E-state index contributed by atoms with van der Waals surface area (Å²) in [4.78, 5) is 18.7. The van der Waals surface area contributed by atoms with Crippen molar-refractivity contribution in [1.82, 2.24) is 15.5 Å². The maximum absolute atomic E-state index is 12.4. The van der Waals surface area contributed by atoms with E-state index >= 15 is 0 Å². The van der Waals surface area contributed by atoms with Crippen LogP contribution in [0.25, 0.3) is 0 Å². The normalized spacial score (nSPS) is 15.4. The van der Waals surface area contributed by atoms with E-state index in [4.69, 9.17) is 0 Å².